The average Bonchev–Trinajstić information content (AvgIpc) is 4.08. The number of hydrogen-bond acceptors (Lipinski definition) is 13. The number of thiazole rings is 2. The topological polar surface area (TPSA) is 125 Å². The zero-order valence-corrected chi connectivity index (χ0v) is 33.9. The lowest BCUT2D eigenvalue weighted by molar-refractivity contribution is 0.102. The number of hydrogen-bond donors (Lipinski definition) is 2. The van der Waals surface area contributed by atoms with Crippen LogP contribution in [0.1, 0.15) is 62.5 Å². The van der Waals surface area contributed by atoms with Crippen molar-refractivity contribution in [1.29, 1.82) is 0 Å². The summed E-state index contributed by atoms with van der Waals surface area (Å²) in [5.74, 6) is 1.52. The van der Waals surface area contributed by atoms with Crippen LogP contribution in [-0.4, -0.2) is 76.4 Å². The van der Waals surface area contributed by atoms with E-state index in [4.69, 9.17) is 9.72 Å². The van der Waals surface area contributed by atoms with Crippen molar-refractivity contribution in [1.82, 2.24) is 24.8 Å². The van der Waals surface area contributed by atoms with E-state index < -0.39 is 0 Å². The van der Waals surface area contributed by atoms with Crippen LogP contribution in [0.5, 0.6) is 5.75 Å². The van der Waals surface area contributed by atoms with Crippen molar-refractivity contribution in [3.05, 3.63) is 106 Å². The lowest BCUT2D eigenvalue weighted by Crippen LogP contribution is -2.32. The van der Waals surface area contributed by atoms with Gasteiger partial charge in [-0.15, -0.1) is 22.7 Å². The predicted octanol–water partition coefficient (Wildman–Crippen LogP) is 8.96. The van der Waals surface area contributed by atoms with Crippen molar-refractivity contribution in [3.8, 4) is 16.9 Å². The molecule has 1 amide bonds. The summed E-state index contributed by atoms with van der Waals surface area (Å²) in [6.45, 7) is 6.27. The lowest BCUT2D eigenvalue weighted by Gasteiger charge is -2.29. The van der Waals surface area contributed by atoms with Gasteiger partial charge in [-0.05, 0) is 105 Å². The van der Waals surface area contributed by atoms with Crippen molar-refractivity contribution in [2.24, 2.45) is 0 Å². The number of fused-ring (bicyclic) bond motifs is 3. The average molecular weight is 815 g/mol. The standard InChI is InChI=1S/C43H42N8O3S3/c52-25-35-37(57-43(48-35)51-22-17-28-8-5-9-31(32(28)24-51)41(53)49-42-47-34-10-1-2-11-36(34)56-42)12-6-23-54-30-15-13-29(14-16-30)33-26-55-39-38(33)45-27-46-40(39)44-18-7-21-50-19-3-4-20-50/h1-2,5,8-11,13-16,25-27H,3-4,6-7,12,17-24H2,(H,44,45,46)(H,47,49,53). The van der Waals surface area contributed by atoms with Crippen LogP contribution in [-0.2, 0) is 19.4 Å². The summed E-state index contributed by atoms with van der Waals surface area (Å²) in [4.78, 5) is 49.8. The van der Waals surface area contributed by atoms with E-state index in [0.29, 0.717) is 36.0 Å². The second-order valence-electron chi connectivity index (χ2n) is 14.3. The Morgan fingerprint density at radius 2 is 1.81 bits per heavy atom. The largest absolute Gasteiger partial charge is 0.494 e. The van der Waals surface area contributed by atoms with Gasteiger partial charge in [-0.25, -0.2) is 19.9 Å². The van der Waals surface area contributed by atoms with Crippen LogP contribution in [0.25, 0.3) is 31.6 Å². The Hall–Kier alpha value is -5.28. The minimum absolute atomic E-state index is 0.175. The second kappa shape index (κ2) is 17.1. The smallest absolute Gasteiger partial charge is 0.257 e. The molecule has 4 aromatic heterocycles. The fourth-order valence-electron chi connectivity index (χ4n) is 7.65. The third-order valence-electron chi connectivity index (χ3n) is 10.6. The van der Waals surface area contributed by atoms with E-state index in [1.807, 2.05) is 48.5 Å². The molecule has 0 spiro atoms. The summed E-state index contributed by atoms with van der Waals surface area (Å²) in [6.07, 6.45) is 8.43. The van der Waals surface area contributed by atoms with Crippen LogP contribution in [0.15, 0.2) is 78.4 Å². The van der Waals surface area contributed by atoms with Gasteiger partial charge in [0.05, 0.1) is 27.0 Å². The highest BCUT2D eigenvalue weighted by Crippen LogP contribution is 2.37. The highest BCUT2D eigenvalue weighted by molar-refractivity contribution is 7.22. The Morgan fingerprint density at radius 3 is 2.67 bits per heavy atom. The summed E-state index contributed by atoms with van der Waals surface area (Å²) < 4.78 is 8.24. The molecule has 290 valence electrons. The van der Waals surface area contributed by atoms with Gasteiger partial charge in [-0.2, -0.15) is 0 Å². The van der Waals surface area contributed by atoms with E-state index >= 15 is 0 Å². The lowest BCUT2D eigenvalue weighted by atomic mass is 9.94. The molecule has 1 saturated heterocycles. The van der Waals surface area contributed by atoms with Crippen LogP contribution in [0, 0.1) is 0 Å². The molecule has 0 saturated carbocycles. The van der Waals surface area contributed by atoms with E-state index in [-0.39, 0.29) is 5.91 Å². The molecule has 0 aliphatic carbocycles. The van der Waals surface area contributed by atoms with E-state index in [1.165, 1.54) is 37.3 Å². The fourth-order valence-corrected chi connectivity index (χ4v) is 10.6. The summed E-state index contributed by atoms with van der Waals surface area (Å²) in [5, 5.41) is 10.1. The molecular formula is C43H42N8O3S3. The Balaban J connectivity index is 0.790. The first-order valence-electron chi connectivity index (χ1n) is 19.5. The number of aromatic nitrogens is 4. The van der Waals surface area contributed by atoms with Crippen molar-refractivity contribution in [3.63, 3.8) is 0 Å². The number of carbonyl (C=O) groups is 2. The first-order valence-corrected chi connectivity index (χ1v) is 22.0. The highest BCUT2D eigenvalue weighted by atomic mass is 32.1. The SMILES string of the molecule is O=Cc1nc(N2CCc3cccc(C(=O)Nc4nc5ccccc5s4)c3C2)sc1CCCOc1ccc(-c2csc3c(NCCCN4CCCC4)ncnc23)cc1. The maximum absolute atomic E-state index is 13.5. The molecule has 6 heterocycles. The third kappa shape index (κ3) is 8.26. The molecular weight excluding hydrogens is 773 g/mol. The van der Waals surface area contributed by atoms with Crippen molar-refractivity contribution < 1.29 is 14.3 Å². The zero-order valence-electron chi connectivity index (χ0n) is 31.4. The van der Waals surface area contributed by atoms with Gasteiger partial charge in [-0.3, -0.25) is 14.9 Å². The predicted molar refractivity (Wildman–Crippen MR) is 232 cm³/mol. The molecule has 1 fully saturated rings. The molecule has 14 heteroatoms. The normalized spacial score (nSPS) is 14.3. The number of thiophene rings is 1. The maximum Gasteiger partial charge on any atom is 0.257 e. The van der Waals surface area contributed by atoms with Crippen molar-refractivity contribution in [2.45, 2.75) is 45.1 Å². The second-order valence-corrected chi connectivity index (χ2v) is 17.3. The van der Waals surface area contributed by atoms with Crippen LogP contribution < -0.4 is 20.3 Å². The van der Waals surface area contributed by atoms with E-state index in [0.717, 1.165) is 109 Å². The number of rotatable bonds is 15. The number of aldehydes is 1. The molecule has 11 nitrogen and oxygen atoms in total. The first-order chi connectivity index (χ1) is 28.1. The van der Waals surface area contributed by atoms with Gasteiger partial charge < -0.3 is 19.9 Å². The minimum atomic E-state index is -0.175. The number of anilines is 3. The molecule has 0 radical (unpaired) electrons. The number of nitrogens with zero attached hydrogens (tertiary/aromatic N) is 6. The van der Waals surface area contributed by atoms with Crippen molar-refractivity contribution in [2.75, 3.05) is 54.9 Å². The monoisotopic (exact) mass is 814 g/mol. The van der Waals surface area contributed by atoms with Crippen LogP contribution >= 0.6 is 34.0 Å². The molecule has 57 heavy (non-hydrogen) atoms. The summed E-state index contributed by atoms with van der Waals surface area (Å²) >= 11 is 4.68. The van der Waals surface area contributed by atoms with Gasteiger partial charge in [0.25, 0.3) is 5.91 Å². The summed E-state index contributed by atoms with van der Waals surface area (Å²) in [7, 11) is 0. The molecule has 7 aromatic rings. The third-order valence-corrected chi connectivity index (χ3v) is 13.7. The van der Waals surface area contributed by atoms with E-state index in [2.05, 4.69) is 59.0 Å². The molecule has 9 rings (SSSR count). The zero-order chi connectivity index (χ0) is 38.6. The highest BCUT2D eigenvalue weighted by Gasteiger charge is 2.25. The Labute approximate surface area is 342 Å². The summed E-state index contributed by atoms with van der Waals surface area (Å²) in [5.41, 5.74) is 7.23. The fraction of sp³-hybridized carbons (Fsp3) is 0.302. The van der Waals surface area contributed by atoms with Crippen LogP contribution in [0.4, 0.5) is 16.1 Å². The molecule has 2 aliphatic rings. The summed E-state index contributed by atoms with van der Waals surface area (Å²) in [6, 6.07) is 21.9. The van der Waals surface area contributed by atoms with Crippen molar-refractivity contribution >= 4 is 82.7 Å². The van der Waals surface area contributed by atoms with Gasteiger partial charge in [0.15, 0.2) is 16.5 Å². The van der Waals surface area contributed by atoms with Gasteiger partial charge >= 0.3 is 0 Å². The first kappa shape index (κ1) is 37.3. The molecule has 2 aliphatic heterocycles. The molecule has 0 atom stereocenters. The van der Waals surface area contributed by atoms with Gasteiger partial charge in [0.1, 0.15) is 23.6 Å². The Morgan fingerprint density at radius 1 is 0.930 bits per heavy atom. The molecule has 0 bridgehead atoms. The van der Waals surface area contributed by atoms with E-state index in [9.17, 15) is 9.59 Å². The number of nitrogens with one attached hydrogen (secondary N) is 2. The molecule has 2 N–H and O–H groups in total. The minimum Gasteiger partial charge on any atom is -0.494 e. The Kier molecular flexibility index (Phi) is 11.2. The van der Waals surface area contributed by atoms with Gasteiger partial charge in [-0.1, -0.05) is 47.7 Å². The number of amides is 1. The number of benzene rings is 3. The van der Waals surface area contributed by atoms with E-state index in [1.54, 1.807) is 29.0 Å². The molecule has 0 unspecified atom stereocenters. The maximum atomic E-state index is 13.5. The Bertz CT molecular complexity index is 2490. The number of likely N-dealkylation sites (tertiary alicyclic amines) is 1. The number of carbonyl (C=O) groups excluding carboxylic acids is 2. The number of para-hydroxylation sites is 1. The quantitative estimate of drug-likeness (QED) is 0.0766. The van der Waals surface area contributed by atoms with Crippen LogP contribution in [0.3, 0.4) is 0 Å². The number of aryl methyl sites for hydroxylation is 1. The molecule has 3 aromatic carbocycles. The number of ether oxygens (including phenoxy) is 1. The van der Waals surface area contributed by atoms with Gasteiger partial charge in [0, 0.05) is 41.0 Å². The van der Waals surface area contributed by atoms with Gasteiger partial charge in [0.2, 0.25) is 0 Å². The van der Waals surface area contributed by atoms with Crippen LogP contribution in [0.2, 0.25) is 0 Å².